The Bertz CT molecular complexity index is 2040. The molecule has 0 spiro atoms. The molecule has 56 heavy (non-hydrogen) atoms. The zero-order valence-electron chi connectivity index (χ0n) is 32.4. The summed E-state index contributed by atoms with van der Waals surface area (Å²) < 4.78 is 67.1. The number of ether oxygens (including phenoxy) is 4. The van der Waals surface area contributed by atoms with Gasteiger partial charge >= 0.3 is 24.1 Å². The molecule has 2 atom stereocenters. The van der Waals surface area contributed by atoms with Crippen molar-refractivity contribution in [3.8, 4) is 11.1 Å². The summed E-state index contributed by atoms with van der Waals surface area (Å²) in [5.41, 5.74) is -7.30. The van der Waals surface area contributed by atoms with Crippen LogP contribution in [0.5, 0.6) is 0 Å². The number of nitrogens with zero attached hydrogens (tertiary/aromatic N) is 1. The molecule has 0 aliphatic rings. The van der Waals surface area contributed by atoms with Gasteiger partial charge in [-0.3, -0.25) is 4.79 Å². The molecule has 0 unspecified atom stereocenters. The minimum atomic E-state index is -5.36. The number of rotatable bonds is 12. The Morgan fingerprint density at radius 3 is 1.71 bits per heavy atom. The number of hydrogen-bond acceptors (Lipinski definition) is 9. The smallest absolute Gasteiger partial charge is 0.430 e. The van der Waals surface area contributed by atoms with Crippen LogP contribution in [-0.2, 0) is 47.2 Å². The van der Waals surface area contributed by atoms with E-state index in [4.69, 9.17) is 18.9 Å². The molecule has 4 rings (SSSR count). The van der Waals surface area contributed by atoms with Crippen LogP contribution < -0.4 is 10.0 Å². The molecule has 0 aliphatic heterocycles. The highest BCUT2D eigenvalue weighted by Crippen LogP contribution is 2.42. The molecule has 0 aliphatic carbocycles. The average molecular weight is 779 g/mol. The van der Waals surface area contributed by atoms with Crippen LogP contribution in [0.1, 0.15) is 84.8 Å². The van der Waals surface area contributed by atoms with Gasteiger partial charge in [0.2, 0.25) is 11.4 Å². The van der Waals surface area contributed by atoms with E-state index in [1.54, 1.807) is 102 Å². The molecule has 0 radical (unpaired) electrons. The monoisotopic (exact) mass is 778 g/mol. The number of hydrogen-bond donors (Lipinski definition) is 1. The van der Waals surface area contributed by atoms with E-state index < -0.39 is 76.1 Å². The Labute approximate surface area is 323 Å². The van der Waals surface area contributed by atoms with Crippen molar-refractivity contribution in [1.82, 2.24) is 5.32 Å². The summed E-state index contributed by atoms with van der Waals surface area (Å²) in [4.78, 5) is 56.2. The van der Waals surface area contributed by atoms with Crippen molar-refractivity contribution in [2.24, 2.45) is 0 Å². The molecule has 1 heterocycles. The van der Waals surface area contributed by atoms with Gasteiger partial charge in [0, 0.05) is 25.2 Å². The molecule has 14 heteroatoms. The molecule has 1 aromatic heterocycles. The highest BCUT2D eigenvalue weighted by molar-refractivity contribution is 6.07. The number of pyridine rings is 1. The van der Waals surface area contributed by atoms with Gasteiger partial charge in [0.05, 0.1) is 6.42 Å². The fraction of sp³-hybridized carbons (Fsp3) is 0.357. The van der Waals surface area contributed by atoms with E-state index in [1.165, 1.54) is 25.1 Å². The maximum atomic E-state index is 15.0. The van der Waals surface area contributed by atoms with Crippen molar-refractivity contribution in [1.29, 1.82) is 0 Å². The fourth-order valence-corrected chi connectivity index (χ4v) is 5.96. The third kappa shape index (κ3) is 9.72. The van der Waals surface area contributed by atoms with Gasteiger partial charge in [0.15, 0.2) is 0 Å². The quantitative estimate of drug-likeness (QED) is 0.0691. The van der Waals surface area contributed by atoms with E-state index in [0.717, 1.165) is 12.1 Å². The molecular formula is C42H45F3N2O9. The second-order valence-electron chi connectivity index (χ2n) is 14.9. The molecule has 3 aromatic carbocycles. The minimum Gasteiger partial charge on any atom is -0.618 e. The number of alkyl halides is 3. The second-order valence-corrected chi connectivity index (χ2v) is 14.9. The molecule has 0 saturated heterocycles. The maximum absolute atomic E-state index is 15.0. The van der Waals surface area contributed by atoms with Crippen molar-refractivity contribution in [3.05, 3.63) is 130 Å². The van der Waals surface area contributed by atoms with E-state index in [2.05, 4.69) is 5.32 Å². The van der Waals surface area contributed by atoms with Crippen molar-refractivity contribution in [2.45, 2.75) is 90.5 Å². The third-order valence-electron chi connectivity index (χ3n) is 8.39. The zero-order chi connectivity index (χ0) is 41.6. The summed E-state index contributed by atoms with van der Waals surface area (Å²) in [5, 5.41) is 16.6. The van der Waals surface area contributed by atoms with Crippen LogP contribution in [0.25, 0.3) is 11.1 Å². The van der Waals surface area contributed by atoms with Crippen LogP contribution in [-0.4, -0.2) is 54.3 Å². The zero-order valence-corrected chi connectivity index (χ0v) is 32.4. The van der Waals surface area contributed by atoms with E-state index in [0.29, 0.717) is 12.7 Å². The Morgan fingerprint density at radius 1 is 0.750 bits per heavy atom. The Balaban J connectivity index is 2.02. The van der Waals surface area contributed by atoms with Crippen molar-refractivity contribution < 1.29 is 56.0 Å². The largest absolute Gasteiger partial charge is 0.618 e. The van der Waals surface area contributed by atoms with Gasteiger partial charge < -0.3 is 29.5 Å². The molecule has 11 nitrogen and oxygen atoms in total. The Kier molecular flexibility index (Phi) is 13.0. The first-order valence-corrected chi connectivity index (χ1v) is 17.6. The highest BCUT2D eigenvalue weighted by atomic mass is 19.4. The third-order valence-corrected chi connectivity index (χ3v) is 8.39. The molecule has 0 fully saturated rings. The van der Waals surface area contributed by atoms with E-state index in [1.807, 2.05) is 0 Å². The molecular weight excluding hydrogens is 733 g/mol. The lowest BCUT2D eigenvalue weighted by Gasteiger charge is -2.34. The lowest BCUT2D eigenvalue weighted by atomic mass is 9.89. The van der Waals surface area contributed by atoms with Crippen molar-refractivity contribution in [2.75, 3.05) is 7.11 Å². The Hall–Kier alpha value is -5.76. The van der Waals surface area contributed by atoms with E-state index in [9.17, 15) is 24.4 Å². The summed E-state index contributed by atoms with van der Waals surface area (Å²) in [7, 11) is 0.694. The number of amides is 1. The first-order chi connectivity index (χ1) is 26.1. The summed E-state index contributed by atoms with van der Waals surface area (Å²) in [6, 6.07) is 20.4. The van der Waals surface area contributed by atoms with Crippen LogP contribution in [0.3, 0.4) is 0 Å². The maximum Gasteiger partial charge on any atom is 0.430 e. The normalized spacial score (nSPS) is 13.6. The number of methoxy groups -OCH3 is 1. The van der Waals surface area contributed by atoms with Gasteiger partial charge in [0.1, 0.15) is 35.0 Å². The van der Waals surface area contributed by atoms with E-state index in [-0.39, 0.29) is 33.7 Å². The lowest BCUT2D eigenvalue weighted by molar-refractivity contribution is -0.621. The van der Waals surface area contributed by atoms with Crippen molar-refractivity contribution >= 4 is 23.8 Å². The number of halogens is 3. The van der Waals surface area contributed by atoms with Gasteiger partial charge in [0.25, 0.3) is 11.5 Å². The first-order valence-electron chi connectivity index (χ1n) is 17.6. The number of benzene rings is 3. The molecule has 1 amide bonds. The number of esters is 3. The summed E-state index contributed by atoms with van der Waals surface area (Å²) in [6.07, 6.45) is -6.27. The number of carbonyl (C=O) groups is 4. The minimum absolute atomic E-state index is 0.0951. The van der Waals surface area contributed by atoms with Crippen LogP contribution in [0.15, 0.2) is 91.0 Å². The fourth-order valence-electron chi connectivity index (χ4n) is 5.96. The second kappa shape index (κ2) is 16.9. The van der Waals surface area contributed by atoms with E-state index >= 15 is 13.2 Å². The predicted molar refractivity (Wildman–Crippen MR) is 199 cm³/mol. The lowest BCUT2D eigenvalue weighted by Crippen LogP contribution is -2.59. The van der Waals surface area contributed by atoms with Gasteiger partial charge in [-0.05, 0) is 52.7 Å². The highest BCUT2D eigenvalue weighted by Gasteiger charge is 2.63. The number of carbonyl (C=O) groups excluding carboxylic acids is 4. The summed E-state index contributed by atoms with van der Waals surface area (Å²) >= 11 is 0. The summed E-state index contributed by atoms with van der Waals surface area (Å²) in [6.45, 7) is 10.5. The average Bonchev–Trinajstić information content (AvgIpc) is 3.11. The molecule has 4 aromatic rings. The predicted octanol–water partition coefficient (Wildman–Crippen LogP) is 7.08. The topological polar surface area (TPSA) is 144 Å². The van der Waals surface area contributed by atoms with Crippen LogP contribution in [0.2, 0.25) is 0 Å². The standard InChI is InChI=1S/C42H45F3N2O9/c1-26-32(36(49)55-39(2,3)4)33(28-20-14-10-15-21-28)34(37(50)56-40(5,6)7)31(47(26)52)24-30(35(48)54-25-27-18-12-9-13-19-27)46-38(51)41(53-8,42(43,44)45)29-22-16-11-17-23-29/h9-23,30H,24-25H2,1-8H3,(H,46,51)/t30-,41-/m0/s1. The van der Waals surface area contributed by atoms with Crippen LogP contribution in [0, 0.1) is 12.1 Å². The van der Waals surface area contributed by atoms with Gasteiger partial charge in [-0.25, -0.2) is 14.4 Å². The SMILES string of the molecule is CO[C@](C(=O)N[C@@H](Cc1c(C(=O)OC(C)(C)C)c(-c2ccccc2)c(C(=O)OC(C)(C)C)c(C)[n+]1[O-])C(=O)OCc1ccccc1)(c1ccccc1)C(F)(F)F. The van der Waals surface area contributed by atoms with Crippen LogP contribution >= 0.6 is 0 Å². The first kappa shape index (κ1) is 43.0. The van der Waals surface area contributed by atoms with Gasteiger partial charge in [-0.1, -0.05) is 91.0 Å². The molecule has 0 saturated carbocycles. The number of nitrogens with one attached hydrogen (secondary N) is 1. The Morgan fingerprint density at radius 2 is 1.23 bits per heavy atom. The van der Waals surface area contributed by atoms with Crippen molar-refractivity contribution in [3.63, 3.8) is 0 Å². The molecule has 298 valence electrons. The molecule has 1 N–H and O–H groups in total. The van der Waals surface area contributed by atoms with Gasteiger partial charge in [-0.15, -0.1) is 0 Å². The molecule has 0 bridgehead atoms. The van der Waals surface area contributed by atoms with Gasteiger partial charge in [-0.2, -0.15) is 17.9 Å². The summed E-state index contributed by atoms with van der Waals surface area (Å²) in [5.74, 6) is -5.11. The number of aromatic nitrogens is 1. The van der Waals surface area contributed by atoms with Crippen LogP contribution in [0.4, 0.5) is 13.2 Å².